The first-order chi connectivity index (χ1) is 8.46. The normalized spacial score (nSPS) is 25.3. The maximum absolute atomic E-state index is 4.56. The van der Waals surface area contributed by atoms with E-state index in [1.54, 1.807) is 0 Å². The first-order valence-electron chi connectivity index (χ1n) is 6.48. The Balaban J connectivity index is 1.97. The van der Waals surface area contributed by atoms with E-state index in [1.165, 1.54) is 17.2 Å². The number of hydrogen-bond acceptors (Lipinski definition) is 4. The van der Waals surface area contributed by atoms with Crippen molar-refractivity contribution in [3.05, 3.63) is 17.7 Å². The highest BCUT2D eigenvalue weighted by molar-refractivity contribution is 8.06. The minimum Gasteiger partial charge on any atom is -0.344 e. The zero-order valence-corrected chi connectivity index (χ0v) is 13.3. The van der Waals surface area contributed by atoms with E-state index in [2.05, 4.69) is 54.7 Å². The highest BCUT2D eigenvalue weighted by atomic mass is 32.2. The smallest absolute Gasteiger partial charge is 0.120 e. The van der Waals surface area contributed by atoms with Gasteiger partial charge in [-0.05, 0) is 20.8 Å². The number of aromatic amines is 1. The molecule has 1 aliphatic heterocycles. The zero-order valence-electron chi connectivity index (χ0n) is 11.6. The van der Waals surface area contributed by atoms with Crippen LogP contribution in [0.1, 0.15) is 44.5 Å². The lowest BCUT2D eigenvalue weighted by atomic mass is 10.1. The summed E-state index contributed by atoms with van der Waals surface area (Å²) in [5, 5.41) is 4.65. The molecule has 2 rings (SSSR count). The Kier molecular flexibility index (Phi) is 4.67. The van der Waals surface area contributed by atoms with Gasteiger partial charge in [-0.3, -0.25) is 0 Å². The minimum atomic E-state index is 0.147. The fraction of sp³-hybridized carbons (Fsp3) is 0.769. The van der Waals surface area contributed by atoms with Crippen LogP contribution in [0, 0.1) is 0 Å². The van der Waals surface area contributed by atoms with E-state index in [1.807, 2.05) is 18.0 Å². The van der Waals surface area contributed by atoms with Crippen LogP contribution in [0.2, 0.25) is 0 Å². The first kappa shape index (κ1) is 14.3. The molecule has 3 nitrogen and oxygen atoms in total. The third-order valence-electron chi connectivity index (χ3n) is 2.91. The van der Waals surface area contributed by atoms with Gasteiger partial charge in [-0.2, -0.15) is 11.8 Å². The van der Waals surface area contributed by atoms with Crippen LogP contribution in [-0.4, -0.2) is 32.3 Å². The summed E-state index contributed by atoms with van der Waals surface area (Å²) in [5.41, 5.74) is 1.33. The minimum absolute atomic E-state index is 0.147. The van der Waals surface area contributed by atoms with Crippen molar-refractivity contribution in [1.82, 2.24) is 15.3 Å². The standard InChI is InChI=1S/C13H23N3S2/c1-9-11(18-6-5-17-9)12-14-7-10(16-12)8-15-13(2,3)4/h7,9,11,15H,5-6,8H2,1-4H3,(H,14,16). The molecule has 5 heteroatoms. The first-order valence-corrected chi connectivity index (χ1v) is 8.57. The molecule has 102 valence electrons. The molecule has 1 saturated heterocycles. The third-order valence-corrected chi connectivity index (χ3v) is 6.01. The summed E-state index contributed by atoms with van der Waals surface area (Å²) in [7, 11) is 0. The molecule has 0 aromatic carbocycles. The van der Waals surface area contributed by atoms with Gasteiger partial charge in [-0.15, -0.1) is 11.8 Å². The van der Waals surface area contributed by atoms with Crippen LogP contribution in [0.5, 0.6) is 0 Å². The molecule has 0 spiro atoms. The summed E-state index contributed by atoms with van der Waals surface area (Å²) in [5.74, 6) is 3.64. The highest BCUT2D eigenvalue weighted by Gasteiger charge is 2.26. The Bertz CT molecular complexity index is 384. The molecule has 0 aliphatic carbocycles. The molecule has 2 atom stereocenters. The number of H-pyrrole nitrogens is 1. The Morgan fingerprint density at radius 3 is 2.78 bits per heavy atom. The van der Waals surface area contributed by atoms with Gasteiger partial charge < -0.3 is 10.3 Å². The van der Waals surface area contributed by atoms with Gasteiger partial charge in [0.2, 0.25) is 0 Å². The third kappa shape index (κ3) is 3.93. The number of nitrogens with one attached hydrogen (secondary N) is 2. The molecule has 0 saturated carbocycles. The largest absolute Gasteiger partial charge is 0.344 e. The van der Waals surface area contributed by atoms with Gasteiger partial charge in [0.05, 0.1) is 5.25 Å². The fourth-order valence-corrected chi connectivity index (χ4v) is 4.62. The van der Waals surface area contributed by atoms with Crippen molar-refractivity contribution in [2.75, 3.05) is 11.5 Å². The monoisotopic (exact) mass is 285 g/mol. The van der Waals surface area contributed by atoms with Crippen molar-refractivity contribution in [2.45, 2.75) is 50.3 Å². The maximum Gasteiger partial charge on any atom is 0.120 e. The molecular formula is C13H23N3S2. The van der Waals surface area contributed by atoms with E-state index in [9.17, 15) is 0 Å². The van der Waals surface area contributed by atoms with Crippen molar-refractivity contribution >= 4 is 23.5 Å². The Morgan fingerprint density at radius 1 is 1.39 bits per heavy atom. The summed E-state index contributed by atoms with van der Waals surface area (Å²) < 4.78 is 0. The van der Waals surface area contributed by atoms with E-state index in [0.717, 1.165) is 12.4 Å². The molecule has 0 bridgehead atoms. The summed E-state index contributed by atoms with van der Waals surface area (Å²) >= 11 is 4.08. The highest BCUT2D eigenvalue weighted by Crippen LogP contribution is 2.41. The second-order valence-corrected chi connectivity index (χ2v) is 8.50. The molecule has 2 unspecified atom stereocenters. The van der Waals surface area contributed by atoms with Crippen LogP contribution < -0.4 is 5.32 Å². The summed E-state index contributed by atoms with van der Waals surface area (Å²) in [6.07, 6.45) is 1.97. The zero-order chi connectivity index (χ0) is 13.2. The van der Waals surface area contributed by atoms with Crippen LogP contribution in [0.25, 0.3) is 0 Å². The van der Waals surface area contributed by atoms with E-state index >= 15 is 0 Å². The lowest BCUT2D eigenvalue weighted by Gasteiger charge is -2.26. The molecule has 1 fully saturated rings. The average molecular weight is 285 g/mol. The van der Waals surface area contributed by atoms with Crippen LogP contribution in [-0.2, 0) is 6.54 Å². The topological polar surface area (TPSA) is 40.7 Å². The quantitative estimate of drug-likeness (QED) is 0.895. The van der Waals surface area contributed by atoms with Gasteiger partial charge in [-0.25, -0.2) is 4.98 Å². The van der Waals surface area contributed by atoms with Crippen molar-refractivity contribution < 1.29 is 0 Å². The van der Waals surface area contributed by atoms with Crippen LogP contribution >= 0.6 is 23.5 Å². The van der Waals surface area contributed by atoms with Gasteiger partial charge in [0, 0.05) is 40.7 Å². The van der Waals surface area contributed by atoms with Crippen molar-refractivity contribution in [3.63, 3.8) is 0 Å². The molecule has 1 aromatic heterocycles. The van der Waals surface area contributed by atoms with Gasteiger partial charge >= 0.3 is 0 Å². The summed E-state index contributed by atoms with van der Waals surface area (Å²) in [6, 6.07) is 0. The molecule has 18 heavy (non-hydrogen) atoms. The molecule has 0 amide bonds. The van der Waals surface area contributed by atoms with Gasteiger partial charge in [0.1, 0.15) is 5.82 Å². The Labute approximate surface area is 118 Å². The lowest BCUT2D eigenvalue weighted by Crippen LogP contribution is -2.35. The molecule has 1 aliphatic rings. The van der Waals surface area contributed by atoms with Gasteiger partial charge in [0.15, 0.2) is 0 Å². The fourth-order valence-electron chi connectivity index (χ4n) is 1.90. The number of rotatable bonds is 3. The molecular weight excluding hydrogens is 262 g/mol. The van der Waals surface area contributed by atoms with Crippen LogP contribution in [0.15, 0.2) is 6.20 Å². The predicted molar refractivity (Wildman–Crippen MR) is 82.3 cm³/mol. The van der Waals surface area contributed by atoms with Gasteiger partial charge in [0.25, 0.3) is 0 Å². The van der Waals surface area contributed by atoms with Crippen LogP contribution in [0.4, 0.5) is 0 Å². The molecule has 1 aromatic rings. The number of hydrogen-bond donors (Lipinski definition) is 2. The van der Waals surface area contributed by atoms with E-state index in [0.29, 0.717) is 10.5 Å². The van der Waals surface area contributed by atoms with E-state index < -0.39 is 0 Å². The SMILES string of the molecule is CC1SCCSC1c1ncc(CNC(C)(C)C)[nH]1. The lowest BCUT2D eigenvalue weighted by molar-refractivity contribution is 0.421. The van der Waals surface area contributed by atoms with Gasteiger partial charge in [-0.1, -0.05) is 6.92 Å². The molecule has 2 heterocycles. The predicted octanol–water partition coefficient (Wildman–Crippen LogP) is 3.21. The number of aromatic nitrogens is 2. The second-order valence-electron chi connectivity index (χ2n) is 5.76. The second kappa shape index (κ2) is 5.88. The summed E-state index contributed by atoms with van der Waals surface area (Å²) in [4.78, 5) is 8.04. The summed E-state index contributed by atoms with van der Waals surface area (Å²) in [6.45, 7) is 9.70. The number of nitrogens with zero attached hydrogens (tertiary/aromatic N) is 1. The molecule has 2 N–H and O–H groups in total. The van der Waals surface area contributed by atoms with E-state index in [-0.39, 0.29) is 5.54 Å². The van der Waals surface area contributed by atoms with Crippen molar-refractivity contribution in [1.29, 1.82) is 0 Å². The Hall–Kier alpha value is -0.130. The average Bonchev–Trinajstić information content (AvgIpc) is 2.75. The number of thioether (sulfide) groups is 2. The van der Waals surface area contributed by atoms with E-state index in [4.69, 9.17) is 0 Å². The number of imidazole rings is 1. The molecule has 0 radical (unpaired) electrons. The van der Waals surface area contributed by atoms with Crippen LogP contribution in [0.3, 0.4) is 0 Å². The Morgan fingerprint density at radius 2 is 2.11 bits per heavy atom. The maximum atomic E-state index is 4.56. The van der Waals surface area contributed by atoms with Crippen molar-refractivity contribution in [2.24, 2.45) is 0 Å². The van der Waals surface area contributed by atoms with Crippen molar-refractivity contribution in [3.8, 4) is 0 Å².